The second-order valence-electron chi connectivity index (χ2n) is 8.27. The van der Waals surface area contributed by atoms with Crippen LogP contribution in [0.3, 0.4) is 0 Å². The van der Waals surface area contributed by atoms with E-state index in [1.807, 2.05) is 43.3 Å². The molecule has 0 aliphatic rings. The van der Waals surface area contributed by atoms with Gasteiger partial charge in [-0.25, -0.2) is 4.79 Å². The molecule has 0 spiro atoms. The summed E-state index contributed by atoms with van der Waals surface area (Å²) in [7, 11) is 0. The predicted molar refractivity (Wildman–Crippen MR) is 133 cm³/mol. The standard InChI is InChI=1S/C27H27NO3.ClH/c1-16-10-17(2)12-22(11-16)28-15-21-14-23-18(3)24(13-20-8-6-5-7-9-20)27(30)31-26(23)19(4)25(21)29;/h5-12,14,28-29H,13,15H2,1-4H3;1H. The lowest BCUT2D eigenvalue weighted by Gasteiger charge is -2.15. The lowest BCUT2D eigenvalue weighted by Crippen LogP contribution is -2.12. The molecule has 1 heterocycles. The first-order valence-electron chi connectivity index (χ1n) is 10.5. The number of hydrogen-bond donors (Lipinski definition) is 2. The molecule has 5 heteroatoms. The molecule has 0 atom stereocenters. The zero-order chi connectivity index (χ0) is 22.1. The number of aryl methyl sites for hydroxylation is 4. The van der Waals surface area contributed by atoms with E-state index in [9.17, 15) is 9.90 Å². The van der Waals surface area contributed by atoms with Gasteiger partial charge in [0, 0.05) is 40.7 Å². The normalized spacial score (nSPS) is 10.8. The van der Waals surface area contributed by atoms with Crippen LogP contribution in [-0.4, -0.2) is 5.11 Å². The molecule has 2 N–H and O–H groups in total. The third-order valence-corrected chi connectivity index (χ3v) is 5.79. The molecule has 0 radical (unpaired) electrons. The van der Waals surface area contributed by atoms with E-state index in [1.54, 1.807) is 6.92 Å². The van der Waals surface area contributed by atoms with Gasteiger partial charge in [-0.2, -0.15) is 0 Å². The number of benzene rings is 3. The molecular weight excluding hydrogens is 422 g/mol. The fourth-order valence-corrected chi connectivity index (χ4v) is 4.15. The molecule has 3 aromatic carbocycles. The van der Waals surface area contributed by atoms with Gasteiger partial charge in [-0.15, -0.1) is 12.4 Å². The molecule has 4 aromatic rings. The minimum absolute atomic E-state index is 0. The van der Waals surface area contributed by atoms with Crippen molar-refractivity contribution in [3.05, 3.63) is 104 Å². The molecule has 0 saturated heterocycles. The lowest BCUT2D eigenvalue weighted by molar-refractivity contribution is 0.462. The third-order valence-electron chi connectivity index (χ3n) is 5.79. The Morgan fingerprint density at radius 1 is 0.906 bits per heavy atom. The summed E-state index contributed by atoms with van der Waals surface area (Å²) in [5.41, 5.74) is 7.44. The summed E-state index contributed by atoms with van der Waals surface area (Å²) >= 11 is 0. The summed E-state index contributed by atoms with van der Waals surface area (Å²) in [5, 5.41) is 15.0. The van der Waals surface area contributed by atoms with Gasteiger partial charge in [0.1, 0.15) is 11.3 Å². The second-order valence-corrected chi connectivity index (χ2v) is 8.27. The van der Waals surface area contributed by atoms with Gasteiger partial charge in [0.25, 0.3) is 0 Å². The van der Waals surface area contributed by atoms with Crippen LogP contribution in [-0.2, 0) is 13.0 Å². The smallest absolute Gasteiger partial charge is 0.340 e. The van der Waals surface area contributed by atoms with Gasteiger partial charge >= 0.3 is 5.63 Å². The largest absolute Gasteiger partial charge is 0.507 e. The van der Waals surface area contributed by atoms with Gasteiger partial charge < -0.3 is 14.8 Å². The van der Waals surface area contributed by atoms with Gasteiger partial charge in [0.05, 0.1) is 0 Å². The first-order chi connectivity index (χ1) is 14.8. The van der Waals surface area contributed by atoms with E-state index in [0.29, 0.717) is 29.7 Å². The highest BCUT2D eigenvalue weighted by Crippen LogP contribution is 2.33. The van der Waals surface area contributed by atoms with Gasteiger partial charge in [0.2, 0.25) is 0 Å². The van der Waals surface area contributed by atoms with Gasteiger partial charge in [-0.1, -0.05) is 36.4 Å². The molecule has 0 unspecified atom stereocenters. The van der Waals surface area contributed by atoms with Crippen molar-refractivity contribution in [1.29, 1.82) is 0 Å². The Morgan fingerprint density at radius 3 is 2.22 bits per heavy atom. The van der Waals surface area contributed by atoms with E-state index >= 15 is 0 Å². The van der Waals surface area contributed by atoms with Crippen molar-refractivity contribution >= 4 is 29.1 Å². The number of rotatable bonds is 5. The van der Waals surface area contributed by atoms with Gasteiger partial charge in [0.15, 0.2) is 0 Å². The van der Waals surface area contributed by atoms with Crippen LogP contribution in [0.15, 0.2) is 63.8 Å². The molecule has 4 nitrogen and oxygen atoms in total. The van der Waals surface area contributed by atoms with Crippen LogP contribution < -0.4 is 10.9 Å². The van der Waals surface area contributed by atoms with Crippen molar-refractivity contribution in [3.63, 3.8) is 0 Å². The Balaban J connectivity index is 0.00000289. The average molecular weight is 450 g/mol. The highest BCUT2D eigenvalue weighted by atomic mass is 35.5. The van der Waals surface area contributed by atoms with E-state index in [1.165, 1.54) is 11.1 Å². The molecule has 1 aromatic heterocycles. The number of phenolic OH excluding ortho intramolecular Hbond substituents is 1. The number of hydrogen-bond acceptors (Lipinski definition) is 4. The van der Waals surface area contributed by atoms with Crippen molar-refractivity contribution < 1.29 is 9.52 Å². The maximum atomic E-state index is 12.7. The highest BCUT2D eigenvalue weighted by Gasteiger charge is 2.18. The van der Waals surface area contributed by atoms with Crippen molar-refractivity contribution in [1.82, 2.24) is 0 Å². The Labute approximate surface area is 194 Å². The van der Waals surface area contributed by atoms with Crippen LogP contribution >= 0.6 is 12.4 Å². The Kier molecular flexibility index (Phi) is 6.95. The van der Waals surface area contributed by atoms with Crippen LogP contribution in [0.1, 0.15) is 38.9 Å². The van der Waals surface area contributed by atoms with E-state index in [-0.39, 0.29) is 23.8 Å². The molecule has 4 rings (SSSR count). The molecule has 166 valence electrons. The maximum Gasteiger partial charge on any atom is 0.340 e. The zero-order valence-electron chi connectivity index (χ0n) is 18.8. The summed E-state index contributed by atoms with van der Waals surface area (Å²) in [6, 6.07) is 18.1. The fourth-order valence-electron chi connectivity index (χ4n) is 4.15. The summed E-state index contributed by atoms with van der Waals surface area (Å²) in [5.74, 6) is 0.155. The van der Waals surface area contributed by atoms with Crippen LogP contribution in [0, 0.1) is 27.7 Å². The topological polar surface area (TPSA) is 62.5 Å². The minimum atomic E-state index is -0.350. The molecule has 0 fully saturated rings. The molecule has 0 aliphatic heterocycles. The third kappa shape index (κ3) is 4.66. The summed E-state index contributed by atoms with van der Waals surface area (Å²) in [6.07, 6.45) is 0.515. The zero-order valence-corrected chi connectivity index (χ0v) is 19.6. The highest BCUT2D eigenvalue weighted by molar-refractivity contribution is 5.87. The lowest BCUT2D eigenvalue weighted by atomic mass is 9.96. The average Bonchev–Trinajstić information content (AvgIpc) is 2.73. The number of halogens is 1. The van der Waals surface area contributed by atoms with Crippen molar-refractivity contribution in [3.8, 4) is 5.75 Å². The Morgan fingerprint density at radius 2 is 1.56 bits per heavy atom. The SMILES string of the molecule is Cc1cc(C)cc(NCc2cc3c(C)c(Cc4ccccc4)c(=O)oc3c(C)c2O)c1.Cl. The molecule has 0 bridgehead atoms. The Hall–Kier alpha value is -3.24. The molecule has 0 aliphatic carbocycles. The van der Waals surface area contributed by atoms with Gasteiger partial charge in [-0.3, -0.25) is 0 Å². The number of anilines is 1. The molecule has 0 amide bonds. The van der Waals surface area contributed by atoms with Crippen LogP contribution in [0.4, 0.5) is 5.69 Å². The number of aromatic hydroxyl groups is 1. The van der Waals surface area contributed by atoms with E-state index in [2.05, 4.69) is 37.4 Å². The molecule has 32 heavy (non-hydrogen) atoms. The van der Waals surface area contributed by atoms with E-state index < -0.39 is 0 Å². The predicted octanol–water partition coefficient (Wildman–Crippen LogP) is 6.36. The summed E-state index contributed by atoms with van der Waals surface area (Å²) in [4.78, 5) is 12.7. The number of fused-ring (bicyclic) bond motifs is 1. The Bertz CT molecular complexity index is 1310. The van der Waals surface area contributed by atoms with Crippen molar-refractivity contribution in [2.45, 2.75) is 40.7 Å². The molecular formula is C27H28ClNO3. The minimum Gasteiger partial charge on any atom is -0.507 e. The van der Waals surface area contributed by atoms with Crippen molar-refractivity contribution in [2.24, 2.45) is 0 Å². The monoisotopic (exact) mass is 449 g/mol. The van der Waals surface area contributed by atoms with E-state index in [4.69, 9.17) is 4.42 Å². The van der Waals surface area contributed by atoms with E-state index in [0.717, 1.165) is 27.8 Å². The number of nitrogens with one attached hydrogen (secondary N) is 1. The maximum absolute atomic E-state index is 12.7. The fraction of sp³-hybridized carbons (Fsp3) is 0.222. The van der Waals surface area contributed by atoms with Gasteiger partial charge in [-0.05, 0) is 68.1 Å². The first-order valence-corrected chi connectivity index (χ1v) is 10.5. The summed E-state index contributed by atoms with van der Waals surface area (Å²) in [6.45, 7) is 8.34. The van der Waals surface area contributed by atoms with Crippen LogP contribution in [0.2, 0.25) is 0 Å². The van der Waals surface area contributed by atoms with Crippen molar-refractivity contribution in [2.75, 3.05) is 5.32 Å². The summed E-state index contributed by atoms with van der Waals surface area (Å²) < 4.78 is 5.67. The quantitative estimate of drug-likeness (QED) is 0.348. The van der Waals surface area contributed by atoms with Crippen LogP contribution in [0.5, 0.6) is 5.75 Å². The second kappa shape index (κ2) is 9.49. The molecule has 0 saturated carbocycles. The first kappa shape index (κ1) is 23.4. The number of phenols is 1. The van der Waals surface area contributed by atoms with Crippen LogP contribution in [0.25, 0.3) is 11.0 Å².